The van der Waals surface area contributed by atoms with Crippen LogP contribution in [0, 0.1) is 16.1 Å². The maximum atomic E-state index is 8.93. The topological polar surface area (TPSA) is 44.5 Å². The molecule has 2 aromatic carbocycles. The molecule has 0 spiro atoms. The molecule has 0 aliphatic heterocycles. The van der Waals surface area contributed by atoms with Crippen molar-refractivity contribution in [2.45, 2.75) is 0 Å². The summed E-state index contributed by atoms with van der Waals surface area (Å²) in [6.45, 7) is 0. The van der Waals surface area contributed by atoms with Crippen LogP contribution in [0.1, 0.15) is 5.56 Å². The molecule has 3 rings (SSSR count). The molecule has 0 amide bonds. The van der Waals surface area contributed by atoms with Gasteiger partial charge in [-0.3, -0.25) is 4.57 Å². The van der Waals surface area contributed by atoms with Gasteiger partial charge in [0, 0.05) is 8.95 Å². The average Bonchev–Trinajstić information content (AvgIpc) is 2.73. The molecule has 0 aliphatic rings. The maximum Gasteiger partial charge on any atom is 0.182 e. The number of imidazole rings is 1. The van der Waals surface area contributed by atoms with E-state index in [0.717, 1.165) is 25.7 Å². The Morgan fingerprint density at radius 1 is 1.15 bits per heavy atom. The Morgan fingerprint density at radius 3 is 2.65 bits per heavy atom. The fourth-order valence-electron chi connectivity index (χ4n) is 2.08. The van der Waals surface area contributed by atoms with E-state index in [1.807, 2.05) is 28.8 Å². The number of H-pyrrole nitrogens is 1. The average molecular weight is 409 g/mol. The van der Waals surface area contributed by atoms with Crippen LogP contribution in [0.15, 0.2) is 45.3 Å². The second kappa shape index (κ2) is 5.17. The van der Waals surface area contributed by atoms with E-state index in [9.17, 15) is 0 Å². The molecule has 0 aliphatic carbocycles. The Hall–Kier alpha value is -1.42. The normalized spacial score (nSPS) is 10.7. The summed E-state index contributed by atoms with van der Waals surface area (Å²) in [5.74, 6) is 0. The zero-order chi connectivity index (χ0) is 14.3. The van der Waals surface area contributed by atoms with Crippen LogP contribution < -0.4 is 0 Å². The number of hydrogen-bond donors (Lipinski definition) is 1. The number of nitrogens with zero attached hydrogens (tertiary/aromatic N) is 2. The van der Waals surface area contributed by atoms with Gasteiger partial charge in [-0.05, 0) is 64.5 Å². The molecule has 1 heterocycles. The molecule has 1 aromatic heterocycles. The Morgan fingerprint density at radius 2 is 1.95 bits per heavy atom. The number of aromatic nitrogens is 2. The second-order valence-electron chi connectivity index (χ2n) is 4.21. The fourth-order valence-corrected chi connectivity index (χ4v) is 3.30. The van der Waals surface area contributed by atoms with E-state index in [1.54, 1.807) is 12.1 Å². The highest BCUT2D eigenvalue weighted by Crippen LogP contribution is 2.28. The number of hydrogen-bond acceptors (Lipinski definition) is 2. The van der Waals surface area contributed by atoms with Crippen molar-refractivity contribution in [3.63, 3.8) is 0 Å². The summed E-state index contributed by atoms with van der Waals surface area (Å²) in [5.41, 5.74) is 3.46. The minimum atomic E-state index is 0.606. The second-order valence-corrected chi connectivity index (χ2v) is 6.36. The first-order valence-electron chi connectivity index (χ1n) is 5.70. The van der Waals surface area contributed by atoms with Gasteiger partial charge in [-0.15, -0.1) is 0 Å². The predicted octanol–water partition coefficient (Wildman–Crippen LogP) is 5.08. The molecule has 0 fully saturated rings. The molecule has 98 valence electrons. The quantitative estimate of drug-likeness (QED) is 0.570. The van der Waals surface area contributed by atoms with E-state index in [0.29, 0.717) is 10.3 Å². The van der Waals surface area contributed by atoms with Crippen LogP contribution in [0.2, 0.25) is 0 Å². The lowest BCUT2D eigenvalue weighted by Gasteiger charge is -2.07. The van der Waals surface area contributed by atoms with Crippen molar-refractivity contribution in [3.8, 4) is 11.8 Å². The van der Waals surface area contributed by atoms with Crippen LogP contribution in [0.3, 0.4) is 0 Å². The lowest BCUT2D eigenvalue weighted by Crippen LogP contribution is -1.95. The summed E-state index contributed by atoms with van der Waals surface area (Å²) in [4.78, 5) is 3.18. The number of benzene rings is 2. The van der Waals surface area contributed by atoms with Gasteiger partial charge in [-0.25, -0.2) is 0 Å². The Bertz CT molecular complexity index is 918. The minimum Gasteiger partial charge on any atom is -0.330 e. The molecular weight excluding hydrogens is 402 g/mol. The van der Waals surface area contributed by atoms with Crippen molar-refractivity contribution < 1.29 is 0 Å². The summed E-state index contributed by atoms with van der Waals surface area (Å²) in [7, 11) is 0. The van der Waals surface area contributed by atoms with Gasteiger partial charge in [-0.1, -0.05) is 15.9 Å². The molecule has 20 heavy (non-hydrogen) atoms. The first-order valence-corrected chi connectivity index (χ1v) is 7.70. The predicted molar refractivity (Wildman–Crippen MR) is 88.6 cm³/mol. The minimum absolute atomic E-state index is 0.606. The van der Waals surface area contributed by atoms with Gasteiger partial charge in [-0.2, -0.15) is 5.26 Å². The van der Waals surface area contributed by atoms with E-state index in [4.69, 9.17) is 17.5 Å². The monoisotopic (exact) mass is 407 g/mol. The highest BCUT2D eigenvalue weighted by Gasteiger charge is 2.10. The van der Waals surface area contributed by atoms with Gasteiger partial charge < -0.3 is 4.98 Å². The third kappa shape index (κ3) is 2.22. The molecule has 0 saturated carbocycles. The smallest absolute Gasteiger partial charge is 0.182 e. The standard InChI is InChI=1S/C14H7Br2N3S/c15-9-2-4-13-11(6-9)18-14(20)19(13)12-3-1-8(7-17)5-10(12)16/h1-6H,(H,18,20). The first kappa shape index (κ1) is 13.6. The van der Waals surface area contributed by atoms with E-state index in [-0.39, 0.29) is 0 Å². The lowest BCUT2D eigenvalue weighted by atomic mass is 10.2. The third-order valence-electron chi connectivity index (χ3n) is 2.96. The van der Waals surface area contributed by atoms with Crippen LogP contribution in [0.5, 0.6) is 0 Å². The van der Waals surface area contributed by atoms with Gasteiger partial charge in [0.1, 0.15) is 0 Å². The first-order chi connectivity index (χ1) is 9.60. The van der Waals surface area contributed by atoms with Crippen LogP contribution in [0.4, 0.5) is 0 Å². The van der Waals surface area contributed by atoms with Gasteiger partial charge in [0.25, 0.3) is 0 Å². The molecular formula is C14H7Br2N3S. The van der Waals surface area contributed by atoms with Gasteiger partial charge in [0.2, 0.25) is 0 Å². The summed E-state index contributed by atoms with van der Waals surface area (Å²) in [5, 5.41) is 8.93. The van der Waals surface area contributed by atoms with Crippen molar-refractivity contribution >= 4 is 55.1 Å². The number of fused-ring (bicyclic) bond motifs is 1. The van der Waals surface area contributed by atoms with Crippen molar-refractivity contribution in [2.75, 3.05) is 0 Å². The largest absolute Gasteiger partial charge is 0.330 e. The Balaban J connectivity index is 2.33. The zero-order valence-electron chi connectivity index (χ0n) is 10.0. The van der Waals surface area contributed by atoms with Crippen LogP contribution in [-0.2, 0) is 0 Å². The zero-order valence-corrected chi connectivity index (χ0v) is 14.0. The fraction of sp³-hybridized carbons (Fsp3) is 0. The summed E-state index contributed by atoms with van der Waals surface area (Å²) in [6, 6.07) is 13.5. The highest BCUT2D eigenvalue weighted by molar-refractivity contribution is 9.10. The Kier molecular flexibility index (Phi) is 3.50. The number of nitrogens with one attached hydrogen (secondary N) is 1. The van der Waals surface area contributed by atoms with Crippen LogP contribution in [-0.4, -0.2) is 9.55 Å². The third-order valence-corrected chi connectivity index (χ3v) is 4.37. The highest BCUT2D eigenvalue weighted by atomic mass is 79.9. The van der Waals surface area contributed by atoms with Crippen molar-refractivity contribution in [3.05, 3.63) is 55.7 Å². The molecule has 0 atom stereocenters. The summed E-state index contributed by atoms with van der Waals surface area (Å²) >= 11 is 12.4. The van der Waals surface area contributed by atoms with E-state index >= 15 is 0 Å². The maximum absolute atomic E-state index is 8.93. The van der Waals surface area contributed by atoms with Crippen molar-refractivity contribution in [1.29, 1.82) is 5.26 Å². The van der Waals surface area contributed by atoms with Crippen LogP contribution >= 0.6 is 44.1 Å². The molecule has 0 saturated heterocycles. The summed E-state index contributed by atoms with van der Waals surface area (Å²) < 4.78 is 4.38. The van der Waals surface area contributed by atoms with Gasteiger partial charge in [0.15, 0.2) is 4.77 Å². The molecule has 1 N–H and O–H groups in total. The van der Waals surface area contributed by atoms with Gasteiger partial charge in [0.05, 0.1) is 28.4 Å². The van der Waals surface area contributed by atoms with E-state index in [1.165, 1.54) is 0 Å². The summed E-state index contributed by atoms with van der Waals surface area (Å²) in [6.07, 6.45) is 0. The molecule has 0 radical (unpaired) electrons. The molecule has 3 nitrogen and oxygen atoms in total. The number of aromatic amines is 1. The number of nitriles is 1. The molecule has 0 bridgehead atoms. The SMILES string of the molecule is N#Cc1ccc(-n2c(=S)[nH]c3cc(Br)ccc32)c(Br)c1. The van der Waals surface area contributed by atoms with Gasteiger partial charge >= 0.3 is 0 Å². The van der Waals surface area contributed by atoms with E-state index in [2.05, 4.69) is 42.9 Å². The Labute approximate surface area is 137 Å². The number of halogens is 2. The lowest BCUT2D eigenvalue weighted by molar-refractivity contribution is 1.06. The van der Waals surface area contributed by atoms with Crippen LogP contribution in [0.25, 0.3) is 16.7 Å². The molecule has 0 unspecified atom stereocenters. The number of rotatable bonds is 1. The molecule has 6 heteroatoms. The van der Waals surface area contributed by atoms with Crippen molar-refractivity contribution in [1.82, 2.24) is 9.55 Å². The molecule has 3 aromatic rings. The van der Waals surface area contributed by atoms with Crippen molar-refractivity contribution in [2.24, 2.45) is 0 Å². The van der Waals surface area contributed by atoms with E-state index < -0.39 is 0 Å².